The van der Waals surface area contributed by atoms with Crippen LogP contribution in [0.5, 0.6) is 0 Å². The molecule has 0 aromatic carbocycles. The zero-order valence-electron chi connectivity index (χ0n) is 9.12. The first-order valence-corrected chi connectivity index (χ1v) is 6.28. The summed E-state index contributed by atoms with van der Waals surface area (Å²) < 4.78 is 39.4. The van der Waals surface area contributed by atoms with Gasteiger partial charge in [-0.05, 0) is 25.7 Å². The summed E-state index contributed by atoms with van der Waals surface area (Å²) in [5.74, 6) is -3.27. The van der Waals surface area contributed by atoms with Crippen molar-refractivity contribution >= 4 is 0 Å². The van der Waals surface area contributed by atoms with E-state index in [1.807, 2.05) is 0 Å². The van der Waals surface area contributed by atoms with Crippen molar-refractivity contribution in [2.45, 2.75) is 37.4 Å². The molecule has 1 spiro atoms. The van der Waals surface area contributed by atoms with Crippen LogP contribution >= 0.6 is 0 Å². The first-order chi connectivity index (χ1) is 7.63. The van der Waals surface area contributed by atoms with Crippen LogP contribution < -0.4 is 0 Å². The molecule has 0 aromatic rings. The van der Waals surface area contributed by atoms with Gasteiger partial charge in [0.25, 0.3) is 5.92 Å². The van der Waals surface area contributed by atoms with Gasteiger partial charge < -0.3 is 9.47 Å². The minimum atomic E-state index is -2.42. The van der Waals surface area contributed by atoms with Crippen molar-refractivity contribution in [1.29, 1.82) is 0 Å². The molecule has 5 rings (SSSR count). The standard InChI is InChI=1S/C12H16F2O2/c13-11(14)7-3-9-5-8(11)6-10(4-7)12(9)15-1-2-16-12/h7-10H,1-6H2. The predicted octanol–water partition coefficient (Wildman–Crippen LogP) is 2.43. The highest BCUT2D eigenvalue weighted by molar-refractivity contribution is 5.10. The van der Waals surface area contributed by atoms with E-state index in [1.165, 1.54) is 0 Å². The van der Waals surface area contributed by atoms with Crippen LogP contribution in [-0.4, -0.2) is 24.9 Å². The Labute approximate surface area is 93.3 Å². The Balaban J connectivity index is 1.72. The topological polar surface area (TPSA) is 18.5 Å². The summed E-state index contributed by atoms with van der Waals surface area (Å²) in [6, 6.07) is 0. The Kier molecular flexibility index (Phi) is 1.70. The summed E-state index contributed by atoms with van der Waals surface area (Å²) >= 11 is 0. The molecule has 4 bridgehead atoms. The fourth-order valence-electron chi connectivity index (χ4n) is 4.63. The average molecular weight is 230 g/mol. The molecular weight excluding hydrogens is 214 g/mol. The van der Waals surface area contributed by atoms with Crippen LogP contribution in [-0.2, 0) is 9.47 Å². The maximum atomic E-state index is 13.9. The van der Waals surface area contributed by atoms with E-state index >= 15 is 0 Å². The van der Waals surface area contributed by atoms with Gasteiger partial charge in [0.05, 0.1) is 13.2 Å². The monoisotopic (exact) mass is 230 g/mol. The quantitative estimate of drug-likeness (QED) is 0.636. The molecule has 0 aromatic heterocycles. The van der Waals surface area contributed by atoms with E-state index < -0.39 is 23.5 Å². The number of halogens is 2. The molecule has 5 aliphatic rings. The molecule has 0 amide bonds. The summed E-state index contributed by atoms with van der Waals surface area (Å²) in [4.78, 5) is 0. The van der Waals surface area contributed by atoms with Gasteiger partial charge in [0.1, 0.15) is 0 Å². The predicted molar refractivity (Wildman–Crippen MR) is 52.0 cm³/mol. The molecule has 4 heteroatoms. The number of hydrogen-bond acceptors (Lipinski definition) is 2. The Morgan fingerprint density at radius 2 is 1.19 bits per heavy atom. The van der Waals surface area contributed by atoms with E-state index in [4.69, 9.17) is 9.47 Å². The molecule has 0 N–H and O–H groups in total. The maximum Gasteiger partial charge on any atom is 0.253 e. The Bertz CT molecular complexity index is 289. The highest BCUT2D eigenvalue weighted by Crippen LogP contribution is 2.65. The van der Waals surface area contributed by atoms with Crippen molar-refractivity contribution in [3.63, 3.8) is 0 Å². The second-order valence-electron chi connectivity index (χ2n) is 5.82. The fourth-order valence-corrected chi connectivity index (χ4v) is 4.63. The molecule has 1 aliphatic heterocycles. The lowest BCUT2D eigenvalue weighted by atomic mass is 9.51. The molecular formula is C12H16F2O2. The van der Waals surface area contributed by atoms with E-state index in [1.54, 1.807) is 0 Å². The second-order valence-corrected chi connectivity index (χ2v) is 5.82. The van der Waals surface area contributed by atoms with Crippen LogP contribution in [0.2, 0.25) is 0 Å². The summed E-state index contributed by atoms with van der Waals surface area (Å²) in [7, 11) is 0. The molecule has 0 atom stereocenters. The van der Waals surface area contributed by atoms with Crippen molar-refractivity contribution in [2.75, 3.05) is 13.2 Å². The van der Waals surface area contributed by atoms with E-state index in [0.717, 1.165) is 0 Å². The average Bonchev–Trinajstić information content (AvgIpc) is 2.65. The number of rotatable bonds is 0. The lowest BCUT2D eigenvalue weighted by molar-refractivity contribution is -0.329. The van der Waals surface area contributed by atoms with Crippen molar-refractivity contribution in [3.8, 4) is 0 Å². The zero-order valence-corrected chi connectivity index (χ0v) is 9.12. The number of alkyl halides is 2. The number of hydrogen-bond donors (Lipinski definition) is 0. The minimum absolute atomic E-state index is 0.220. The third kappa shape index (κ3) is 0.946. The second kappa shape index (κ2) is 2.78. The third-order valence-electron chi connectivity index (χ3n) is 5.24. The van der Waals surface area contributed by atoms with Crippen molar-refractivity contribution in [1.82, 2.24) is 0 Å². The van der Waals surface area contributed by atoms with E-state index in [2.05, 4.69) is 0 Å². The first-order valence-electron chi connectivity index (χ1n) is 6.28. The highest BCUT2D eigenvalue weighted by Gasteiger charge is 2.68. The van der Waals surface area contributed by atoms with Crippen LogP contribution in [0.3, 0.4) is 0 Å². The Morgan fingerprint density at radius 1 is 0.750 bits per heavy atom. The van der Waals surface area contributed by atoms with Gasteiger partial charge in [-0.2, -0.15) is 0 Å². The lowest BCUT2D eigenvalue weighted by Gasteiger charge is -2.60. The Morgan fingerprint density at radius 3 is 1.62 bits per heavy atom. The molecule has 1 saturated heterocycles. The van der Waals surface area contributed by atoms with E-state index in [-0.39, 0.29) is 11.8 Å². The van der Waals surface area contributed by atoms with Crippen molar-refractivity contribution in [3.05, 3.63) is 0 Å². The molecule has 2 nitrogen and oxygen atoms in total. The van der Waals surface area contributed by atoms with Crippen LogP contribution in [0.1, 0.15) is 25.7 Å². The zero-order chi connectivity index (χ0) is 11.0. The smallest absolute Gasteiger partial charge is 0.253 e. The van der Waals surface area contributed by atoms with Crippen LogP contribution in [0.25, 0.3) is 0 Å². The van der Waals surface area contributed by atoms with Crippen LogP contribution in [0.15, 0.2) is 0 Å². The summed E-state index contributed by atoms with van der Waals surface area (Å²) in [6.07, 6.45) is 2.39. The number of ether oxygens (including phenoxy) is 2. The molecule has 1 heterocycles. The molecule has 16 heavy (non-hydrogen) atoms. The van der Waals surface area contributed by atoms with Gasteiger partial charge in [-0.1, -0.05) is 0 Å². The molecule has 4 aliphatic carbocycles. The van der Waals surface area contributed by atoms with Crippen LogP contribution in [0.4, 0.5) is 8.78 Å². The molecule has 90 valence electrons. The lowest BCUT2D eigenvalue weighted by Crippen LogP contribution is -2.64. The van der Waals surface area contributed by atoms with Gasteiger partial charge in [-0.15, -0.1) is 0 Å². The van der Waals surface area contributed by atoms with Gasteiger partial charge >= 0.3 is 0 Å². The van der Waals surface area contributed by atoms with Gasteiger partial charge in [0, 0.05) is 23.7 Å². The maximum absolute atomic E-state index is 13.9. The summed E-state index contributed by atoms with van der Waals surface area (Å²) in [5.41, 5.74) is 0. The molecule has 0 radical (unpaired) electrons. The molecule has 4 saturated carbocycles. The van der Waals surface area contributed by atoms with Crippen molar-refractivity contribution < 1.29 is 18.3 Å². The van der Waals surface area contributed by atoms with Gasteiger partial charge in [-0.25, -0.2) is 8.78 Å². The van der Waals surface area contributed by atoms with E-state index in [0.29, 0.717) is 38.9 Å². The van der Waals surface area contributed by atoms with Gasteiger partial charge in [0.15, 0.2) is 5.79 Å². The summed E-state index contributed by atoms with van der Waals surface area (Å²) in [6.45, 7) is 1.28. The Hall–Kier alpha value is -0.220. The van der Waals surface area contributed by atoms with E-state index in [9.17, 15) is 8.78 Å². The fraction of sp³-hybridized carbons (Fsp3) is 1.00. The SMILES string of the molecule is FC1(F)C2CC3CC1CC(C2)C31OCCO1. The van der Waals surface area contributed by atoms with Crippen LogP contribution in [0, 0.1) is 23.7 Å². The van der Waals surface area contributed by atoms with Crippen molar-refractivity contribution in [2.24, 2.45) is 23.7 Å². The third-order valence-corrected chi connectivity index (χ3v) is 5.24. The first kappa shape index (κ1) is 9.77. The largest absolute Gasteiger partial charge is 0.347 e. The molecule has 0 unspecified atom stereocenters. The molecule has 5 fully saturated rings. The summed E-state index contributed by atoms with van der Waals surface area (Å²) in [5, 5.41) is 0. The highest BCUT2D eigenvalue weighted by atomic mass is 19.3. The van der Waals surface area contributed by atoms with Gasteiger partial charge in [-0.3, -0.25) is 0 Å². The van der Waals surface area contributed by atoms with Gasteiger partial charge in [0.2, 0.25) is 0 Å². The normalized spacial score (nSPS) is 51.4. The minimum Gasteiger partial charge on any atom is -0.347 e.